The maximum absolute atomic E-state index is 4.90. The Morgan fingerprint density at radius 3 is 1.73 bits per heavy atom. The summed E-state index contributed by atoms with van der Waals surface area (Å²) >= 11 is 0. The molecule has 0 bridgehead atoms. The first-order chi connectivity index (χ1) is 23.6. The van der Waals surface area contributed by atoms with Crippen molar-refractivity contribution in [3.8, 4) is 0 Å². The molecule has 0 fully saturated rings. The topological polar surface area (TPSA) is 228 Å². The number of H-pyrrole nitrogens is 1. The van der Waals surface area contributed by atoms with E-state index in [1.807, 2.05) is 54.7 Å². The Morgan fingerprint density at radius 2 is 1.31 bits per heavy atom. The van der Waals surface area contributed by atoms with Gasteiger partial charge in [-0.2, -0.15) is 0 Å². The van der Waals surface area contributed by atoms with Crippen molar-refractivity contribution in [2.45, 2.75) is 26.2 Å². The molecule has 2 aliphatic rings. The number of imidazole rings is 1. The third-order valence-corrected chi connectivity index (χ3v) is 5.27. The van der Waals surface area contributed by atoms with Crippen LogP contribution < -0.4 is 31.9 Å². The number of aromatic amines is 1. The minimum absolute atomic E-state index is 0.701. The first-order valence-electron chi connectivity index (χ1n) is 15.2. The molecule has 264 valence electrons. The molecular weight excluding hydrogens is 618 g/mol. The van der Waals surface area contributed by atoms with Gasteiger partial charge in [-0.25, -0.2) is 29.9 Å². The maximum atomic E-state index is 4.90. The zero-order chi connectivity index (χ0) is 34.9. The fourth-order valence-corrected chi connectivity index (χ4v) is 3.26. The summed E-state index contributed by atoms with van der Waals surface area (Å²) in [6.45, 7) is 6.19. The van der Waals surface area contributed by atoms with Crippen LogP contribution in [0.15, 0.2) is 83.5 Å². The van der Waals surface area contributed by atoms with Gasteiger partial charge >= 0.3 is 0 Å². The zero-order valence-electron chi connectivity index (χ0n) is 28.7. The highest BCUT2D eigenvalue weighted by molar-refractivity contribution is 5.96. The Morgan fingerprint density at radius 1 is 0.667 bits per heavy atom. The molecule has 6 rings (SSSR count). The second-order valence-corrected chi connectivity index (χ2v) is 9.27. The molecule has 0 saturated carbocycles. The number of hydrogen-bond acceptors (Lipinski definition) is 17. The molecule has 0 aliphatic carbocycles. The van der Waals surface area contributed by atoms with E-state index in [2.05, 4.69) is 76.8 Å². The Kier molecular flexibility index (Phi) is 25.5. The first-order valence-corrected chi connectivity index (χ1v) is 15.2. The molecule has 2 aliphatic heterocycles. The molecule has 0 atom stereocenters. The number of rotatable bonds is 12. The van der Waals surface area contributed by atoms with Gasteiger partial charge in [-0.05, 0) is 42.3 Å². The van der Waals surface area contributed by atoms with Gasteiger partial charge in [-0.15, -0.1) is 0 Å². The second-order valence-electron chi connectivity index (χ2n) is 9.27. The summed E-state index contributed by atoms with van der Waals surface area (Å²) in [5.41, 5.74) is 2.06. The molecule has 0 saturated heterocycles. The van der Waals surface area contributed by atoms with E-state index >= 15 is 0 Å². The lowest BCUT2D eigenvalue weighted by molar-refractivity contribution is 0.480. The first kappa shape index (κ1) is 41.3. The summed E-state index contributed by atoms with van der Waals surface area (Å²) < 4.78 is 14.5. The number of aliphatic imine (C=N–C) groups is 4. The Hall–Kier alpha value is -4.72. The standard InChI is InChI=1S/3C5H9N3.3C5H8N2O/c1-6-2-5-3-7-4-8-5;2*1-6-4-5-7-2-3-8-5;1-6-2-5-3-8-4-7-5;1-6-2-5-3-7-4-8-5;1-6-4-5-7-2-3-8-5/h3-4,6H,2H2,1H3,(H,7,8);2*2,6H,3-4H2,1H3;2*3-4,6H,2H2,1H3;2-3,6H,4H2,1H3. The molecule has 4 aromatic rings. The lowest BCUT2D eigenvalue weighted by atomic mass is 10.5. The lowest BCUT2D eigenvalue weighted by Gasteiger charge is -1.90. The predicted octanol–water partition coefficient (Wildman–Crippen LogP) is 0.689. The molecule has 6 heterocycles. The molecular formula is C30H51N15O3. The van der Waals surface area contributed by atoms with Crippen LogP contribution in [0.2, 0.25) is 0 Å². The molecule has 18 nitrogen and oxygen atoms in total. The predicted molar refractivity (Wildman–Crippen MR) is 189 cm³/mol. The second kappa shape index (κ2) is 29.7. The van der Waals surface area contributed by atoms with Crippen molar-refractivity contribution in [2.75, 3.05) is 68.5 Å². The van der Waals surface area contributed by atoms with E-state index in [-0.39, 0.29) is 0 Å². The molecule has 0 radical (unpaired) electrons. The van der Waals surface area contributed by atoms with Gasteiger partial charge in [0.2, 0.25) is 5.89 Å². The minimum Gasteiger partial charge on any atom is -0.451 e. The van der Waals surface area contributed by atoms with Gasteiger partial charge in [0.1, 0.15) is 30.0 Å². The smallest absolute Gasteiger partial charge is 0.207 e. The van der Waals surface area contributed by atoms with Crippen LogP contribution in [0.3, 0.4) is 0 Å². The summed E-state index contributed by atoms with van der Waals surface area (Å²) in [5, 5.41) is 17.7. The van der Waals surface area contributed by atoms with Gasteiger partial charge in [0, 0.05) is 37.4 Å². The summed E-state index contributed by atoms with van der Waals surface area (Å²) in [5.74, 6) is 3.42. The maximum Gasteiger partial charge on any atom is 0.207 e. The Balaban J connectivity index is 0.000000288. The highest BCUT2D eigenvalue weighted by Gasteiger charge is 1.97. The van der Waals surface area contributed by atoms with Gasteiger partial charge in [0.15, 0.2) is 12.8 Å². The SMILES string of the molecule is CNCC1=NCC=N1.CNCC1=NCC=N1.CNCc1cnc[nH]1.CNCc1cnco1.CNCc1cocn1.CNCc1ncco1. The largest absolute Gasteiger partial charge is 0.451 e. The normalized spacial score (nSPS) is 12.0. The lowest BCUT2D eigenvalue weighted by Crippen LogP contribution is -2.15. The van der Waals surface area contributed by atoms with E-state index < -0.39 is 0 Å². The quantitative estimate of drug-likeness (QED) is 0.110. The van der Waals surface area contributed by atoms with Crippen LogP contribution in [0.5, 0.6) is 0 Å². The van der Waals surface area contributed by atoms with E-state index in [0.717, 1.165) is 80.5 Å². The molecule has 0 spiro atoms. The molecule has 0 aromatic carbocycles. The molecule has 0 amide bonds. The third kappa shape index (κ3) is 21.9. The van der Waals surface area contributed by atoms with E-state index in [9.17, 15) is 0 Å². The van der Waals surface area contributed by atoms with Crippen molar-refractivity contribution in [1.82, 2.24) is 56.8 Å². The fourth-order valence-electron chi connectivity index (χ4n) is 3.26. The van der Waals surface area contributed by atoms with Gasteiger partial charge in [-0.3, -0.25) is 9.98 Å². The number of hydrogen-bond donors (Lipinski definition) is 7. The van der Waals surface area contributed by atoms with Crippen molar-refractivity contribution in [3.63, 3.8) is 0 Å². The van der Waals surface area contributed by atoms with Crippen LogP contribution in [0.4, 0.5) is 0 Å². The monoisotopic (exact) mass is 669 g/mol. The summed E-state index contributed by atoms with van der Waals surface area (Å²) in [4.78, 5) is 34.4. The Labute approximate surface area is 282 Å². The minimum atomic E-state index is 0.701. The molecule has 48 heavy (non-hydrogen) atoms. The van der Waals surface area contributed by atoms with Crippen LogP contribution in [-0.4, -0.2) is 117 Å². The summed E-state index contributed by atoms with van der Waals surface area (Å²) in [7, 11) is 11.3. The fraction of sp³-hybridized carbons (Fsp3) is 0.467. The number of amidine groups is 2. The average molecular weight is 670 g/mol. The molecule has 18 heteroatoms. The van der Waals surface area contributed by atoms with E-state index in [4.69, 9.17) is 13.3 Å². The molecule has 7 N–H and O–H groups in total. The third-order valence-electron chi connectivity index (χ3n) is 5.27. The number of likely N-dealkylation sites (N-methyl/N-ethyl adjacent to an activating group) is 2. The van der Waals surface area contributed by atoms with Crippen LogP contribution >= 0.6 is 0 Å². The van der Waals surface area contributed by atoms with Crippen molar-refractivity contribution >= 4 is 24.1 Å². The molecule has 0 unspecified atom stereocenters. The van der Waals surface area contributed by atoms with Crippen molar-refractivity contribution < 1.29 is 13.3 Å². The van der Waals surface area contributed by atoms with E-state index in [1.54, 1.807) is 37.4 Å². The van der Waals surface area contributed by atoms with Gasteiger partial charge in [0.25, 0.3) is 0 Å². The van der Waals surface area contributed by atoms with Gasteiger partial charge < -0.3 is 50.1 Å². The van der Waals surface area contributed by atoms with Crippen molar-refractivity contribution in [2.24, 2.45) is 20.0 Å². The summed E-state index contributed by atoms with van der Waals surface area (Å²) in [6.07, 6.45) is 16.5. The average Bonchev–Trinajstić information content (AvgIpc) is 3.93. The van der Waals surface area contributed by atoms with Gasteiger partial charge in [-0.1, -0.05) is 0 Å². The van der Waals surface area contributed by atoms with Gasteiger partial charge in [0.05, 0.1) is 63.7 Å². The van der Waals surface area contributed by atoms with Crippen LogP contribution in [0.25, 0.3) is 0 Å². The molecule has 4 aromatic heterocycles. The number of aromatic nitrogens is 5. The van der Waals surface area contributed by atoms with Crippen LogP contribution in [0, 0.1) is 0 Å². The number of nitrogens with zero attached hydrogens (tertiary/aromatic N) is 8. The van der Waals surface area contributed by atoms with E-state index in [0.29, 0.717) is 6.54 Å². The van der Waals surface area contributed by atoms with E-state index in [1.165, 1.54) is 12.8 Å². The Bertz CT molecular complexity index is 1160. The van der Waals surface area contributed by atoms with Crippen molar-refractivity contribution in [1.29, 1.82) is 0 Å². The summed E-state index contributed by atoms with van der Waals surface area (Å²) in [6, 6.07) is 0. The zero-order valence-corrected chi connectivity index (χ0v) is 28.7. The highest BCUT2D eigenvalue weighted by atomic mass is 16.3. The number of nitrogens with one attached hydrogen (secondary N) is 7. The highest BCUT2D eigenvalue weighted by Crippen LogP contribution is 1.93. The van der Waals surface area contributed by atoms with Crippen molar-refractivity contribution in [3.05, 3.63) is 73.3 Å². The number of oxazole rings is 3. The van der Waals surface area contributed by atoms with Crippen LogP contribution in [-0.2, 0) is 26.2 Å². The van der Waals surface area contributed by atoms with Crippen LogP contribution in [0.1, 0.15) is 23.0 Å².